The van der Waals surface area contributed by atoms with E-state index in [1.807, 2.05) is 6.07 Å². The molecule has 3 rings (SSSR count). The fourth-order valence-electron chi connectivity index (χ4n) is 3.75. The Morgan fingerprint density at radius 3 is 2.75 bits per heavy atom. The topological polar surface area (TPSA) is 45.2 Å². The molecule has 1 saturated heterocycles. The number of fused-ring (bicyclic) bond motifs is 1. The van der Waals surface area contributed by atoms with Gasteiger partial charge in [-0.15, -0.1) is 0 Å². The molecule has 134 valence electrons. The summed E-state index contributed by atoms with van der Waals surface area (Å²) in [5, 5.41) is 11.0. The minimum absolute atomic E-state index is 0.599. The number of hydrogen-bond acceptors (Lipinski definition) is 5. The van der Waals surface area contributed by atoms with E-state index in [1.165, 1.54) is 5.56 Å². The lowest BCUT2D eigenvalue weighted by Crippen LogP contribution is -2.54. The molecule has 0 unspecified atom stereocenters. The average Bonchev–Trinajstić information content (AvgIpc) is 2.60. The van der Waals surface area contributed by atoms with Crippen LogP contribution in [-0.4, -0.2) is 66.4 Å². The van der Waals surface area contributed by atoms with Crippen molar-refractivity contribution in [2.24, 2.45) is 0 Å². The Labute approximate surface area is 145 Å². The van der Waals surface area contributed by atoms with Gasteiger partial charge < -0.3 is 19.5 Å². The summed E-state index contributed by atoms with van der Waals surface area (Å²) in [5.41, 5.74) is 0.603. The molecule has 0 bridgehead atoms. The first kappa shape index (κ1) is 17.5. The van der Waals surface area contributed by atoms with Crippen molar-refractivity contribution in [2.45, 2.75) is 38.8 Å². The summed E-state index contributed by atoms with van der Waals surface area (Å²) >= 11 is 0. The second-order valence-corrected chi connectivity index (χ2v) is 6.98. The van der Waals surface area contributed by atoms with Gasteiger partial charge in [0.25, 0.3) is 0 Å². The van der Waals surface area contributed by atoms with Crippen molar-refractivity contribution in [1.82, 2.24) is 9.80 Å². The lowest BCUT2D eigenvalue weighted by molar-refractivity contribution is -0.0528. The van der Waals surface area contributed by atoms with E-state index in [0.717, 1.165) is 57.1 Å². The zero-order valence-corrected chi connectivity index (χ0v) is 15.0. The second-order valence-electron chi connectivity index (χ2n) is 6.98. The monoisotopic (exact) mass is 334 g/mol. The molecule has 1 N–H and O–H groups in total. The van der Waals surface area contributed by atoms with Crippen LogP contribution in [0.2, 0.25) is 0 Å². The van der Waals surface area contributed by atoms with E-state index in [9.17, 15) is 5.11 Å². The van der Waals surface area contributed by atoms with E-state index in [2.05, 4.69) is 35.8 Å². The van der Waals surface area contributed by atoms with Gasteiger partial charge in [0.05, 0.1) is 5.60 Å². The van der Waals surface area contributed by atoms with E-state index >= 15 is 0 Å². The van der Waals surface area contributed by atoms with Crippen LogP contribution in [0.5, 0.6) is 11.5 Å². The molecule has 0 aliphatic carbocycles. The van der Waals surface area contributed by atoms with Crippen molar-refractivity contribution >= 4 is 0 Å². The van der Waals surface area contributed by atoms with Gasteiger partial charge in [-0.3, -0.25) is 4.90 Å². The molecule has 0 amide bonds. The van der Waals surface area contributed by atoms with E-state index in [0.29, 0.717) is 19.8 Å². The van der Waals surface area contributed by atoms with Crippen molar-refractivity contribution in [2.75, 3.05) is 45.9 Å². The Balaban J connectivity index is 1.64. The van der Waals surface area contributed by atoms with Crippen LogP contribution in [0.3, 0.4) is 0 Å². The van der Waals surface area contributed by atoms with Crippen LogP contribution in [0.4, 0.5) is 0 Å². The SMILES string of the molecule is CCN1CCC[C@@](O)(CN(CC)Cc2ccc3c(c2)OCCO3)C1. The molecule has 5 nitrogen and oxygen atoms in total. The number of aliphatic hydroxyl groups is 1. The molecule has 0 aromatic heterocycles. The first-order valence-corrected chi connectivity index (χ1v) is 9.17. The molecule has 0 radical (unpaired) electrons. The van der Waals surface area contributed by atoms with E-state index in [1.54, 1.807) is 0 Å². The van der Waals surface area contributed by atoms with Crippen LogP contribution in [0.1, 0.15) is 32.3 Å². The quantitative estimate of drug-likeness (QED) is 0.863. The molecule has 1 atom stereocenters. The van der Waals surface area contributed by atoms with Crippen LogP contribution in [-0.2, 0) is 6.54 Å². The molecule has 0 spiro atoms. The van der Waals surface area contributed by atoms with E-state index in [-0.39, 0.29) is 0 Å². The van der Waals surface area contributed by atoms with Crippen molar-refractivity contribution < 1.29 is 14.6 Å². The van der Waals surface area contributed by atoms with Crippen molar-refractivity contribution in [3.05, 3.63) is 23.8 Å². The highest BCUT2D eigenvalue weighted by atomic mass is 16.6. The highest BCUT2D eigenvalue weighted by molar-refractivity contribution is 5.43. The molecule has 0 saturated carbocycles. The third-order valence-corrected chi connectivity index (χ3v) is 5.06. The second kappa shape index (κ2) is 7.72. The molecule has 2 aliphatic heterocycles. The normalized spacial score (nSPS) is 24.3. The third kappa shape index (κ3) is 4.21. The van der Waals surface area contributed by atoms with Crippen molar-refractivity contribution in [1.29, 1.82) is 0 Å². The first-order chi connectivity index (χ1) is 11.6. The first-order valence-electron chi connectivity index (χ1n) is 9.17. The Morgan fingerprint density at radius 2 is 2.00 bits per heavy atom. The van der Waals surface area contributed by atoms with Crippen LogP contribution in [0.25, 0.3) is 0 Å². The van der Waals surface area contributed by atoms with Gasteiger partial charge in [0.15, 0.2) is 11.5 Å². The van der Waals surface area contributed by atoms with Gasteiger partial charge in [0.2, 0.25) is 0 Å². The number of piperidine rings is 1. The number of ether oxygens (including phenoxy) is 2. The number of rotatable bonds is 6. The standard InChI is InChI=1S/C19H30N2O3/c1-3-20-9-5-8-19(22,14-20)15-21(4-2)13-16-6-7-17-18(12-16)24-11-10-23-17/h6-7,12,22H,3-5,8-11,13-15H2,1-2H3/t19-/m0/s1. The fraction of sp³-hybridized carbons (Fsp3) is 0.684. The molecule has 1 aromatic rings. The maximum absolute atomic E-state index is 11.0. The summed E-state index contributed by atoms with van der Waals surface area (Å²) in [4.78, 5) is 4.67. The Kier molecular flexibility index (Phi) is 5.64. The van der Waals surface area contributed by atoms with Gasteiger partial charge in [-0.2, -0.15) is 0 Å². The largest absolute Gasteiger partial charge is 0.486 e. The number of likely N-dealkylation sites (N-methyl/N-ethyl adjacent to an activating group) is 2. The van der Waals surface area contributed by atoms with E-state index < -0.39 is 5.60 Å². The van der Waals surface area contributed by atoms with Gasteiger partial charge in [-0.25, -0.2) is 0 Å². The predicted octanol–water partition coefficient (Wildman–Crippen LogP) is 2.13. The number of nitrogens with zero attached hydrogens (tertiary/aromatic N) is 2. The number of likely N-dealkylation sites (tertiary alicyclic amines) is 1. The lowest BCUT2D eigenvalue weighted by Gasteiger charge is -2.41. The minimum atomic E-state index is -0.599. The Bertz CT molecular complexity index is 551. The fourth-order valence-corrected chi connectivity index (χ4v) is 3.75. The smallest absolute Gasteiger partial charge is 0.161 e. The lowest BCUT2D eigenvalue weighted by atomic mass is 9.92. The van der Waals surface area contributed by atoms with Crippen LogP contribution in [0, 0.1) is 0 Å². The van der Waals surface area contributed by atoms with Crippen LogP contribution >= 0.6 is 0 Å². The number of benzene rings is 1. The van der Waals surface area contributed by atoms with Crippen molar-refractivity contribution in [3.63, 3.8) is 0 Å². The highest BCUT2D eigenvalue weighted by Crippen LogP contribution is 2.31. The molecular formula is C19H30N2O3. The van der Waals surface area contributed by atoms with Crippen molar-refractivity contribution in [3.8, 4) is 11.5 Å². The van der Waals surface area contributed by atoms with Gasteiger partial charge >= 0.3 is 0 Å². The third-order valence-electron chi connectivity index (χ3n) is 5.06. The average molecular weight is 334 g/mol. The summed E-state index contributed by atoms with van der Waals surface area (Å²) in [6.07, 6.45) is 1.97. The zero-order valence-electron chi connectivity index (χ0n) is 15.0. The number of hydrogen-bond donors (Lipinski definition) is 1. The minimum Gasteiger partial charge on any atom is -0.486 e. The maximum Gasteiger partial charge on any atom is 0.161 e. The maximum atomic E-state index is 11.0. The van der Waals surface area contributed by atoms with Crippen LogP contribution < -0.4 is 9.47 Å². The summed E-state index contributed by atoms with van der Waals surface area (Å²) in [6, 6.07) is 6.16. The molecule has 5 heteroatoms. The van der Waals surface area contributed by atoms with Gasteiger partial charge in [0.1, 0.15) is 13.2 Å². The summed E-state index contributed by atoms with van der Waals surface area (Å²) in [5.74, 6) is 1.67. The van der Waals surface area contributed by atoms with Crippen LogP contribution in [0.15, 0.2) is 18.2 Å². The summed E-state index contributed by atoms with van der Waals surface area (Å²) in [6.45, 7) is 10.9. The molecule has 24 heavy (non-hydrogen) atoms. The molecule has 1 aromatic carbocycles. The van der Waals surface area contributed by atoms with Gasteiger partial charge in [0, 0.05) is 19.6 Å². The van der Waals surface area contributed by atoms with Gasteiger partial charge in [-0.05, 0) is 50.2 Å². The molecule has 2 aliphatic rings. The number of β-amino-alcohol motifs (C(OH)–C–C–N with tert-alkyl or cyclic N) is 1. The Hall–Kier alpha value is -1.30. The zero-order chi connectivity index (χ0) is 17.0. The highest BCUT2D eigenvalue weighted by Gasteiger charge is 2.34. The summed E-state index contributed by atoms with van der Waals surface area (Å²) < 4.78 is 11.3. The Morgan fingerprint density at radius 1 is 1.21 bits per heavy atom. The molecule has 2 heterocycles. The molecular weight excluding hydrogens is 304 g/mol. The van der Waals surface area contributed by atoms with Gasteiger partial charge in [-0.1, -0.05) is 19.9 Å². The predicted molar refractivity (Wildman–Crippen MR) is 94.7 cm³/mol. The summed E-state index contributed by atoms with van der Waals surface area (Å²) in [7, 11) is 0. The molecule has 1 fully saturated rings. The van der Waals surface area contributed by atoms with E-state index in [4.69, 9.17) is 9.47 Å².